The molecule has 0 saturated heterocycles. The third-order valence-electron chi connectivity index (χ3n) is 4.68. The number of aromatic nitrogens is 3. The molecule has 2 aromatic carbocycles. The fourth-order valence-corrected chi connectivity index (χ4v) is 4.20. The van der Waals surface area contributed by atoms with Gasteiger partial charge in [0.05, 0.1) is 16.2 Å². The second kappa shape index (κ2) is 7.57. The molecule has 0 radical (unpaired) electrons. The average Bonchev–Trinajstić information content (AvgIpc) is 3.24. The highest BCUT2D eigenvalue weighted by Gasteiger charge is 2.27. The van der Waals surface area contributed by atoms with Crippen LogP contribution in [0.25, 0.3) is 10.9 Å². The predicted octanol–water partition coefficient (Wildman–Crippen LogP) is 5.38. The predicted molar refractivity (Wildman–Crippen MR) is 111 cm³/mol. The summed E-state index contributed by atoms with van der Waals surface area (Å²) in [5.41, 5.74) is 2.73. The molecule has 3 heterocycles. The molecule has 0 aliphatic carbocycles. The highest BCUT2D eigenvalue weighted by atomic mass is 35.5. The maximum Gasteiger partial charge on any atom is 0.277 e. The van der Waals surface area contributed by atoms with E-state index in [0.717, 1.165) is 22.2 Å². The van der Waals surface area contributed by atoms with Crippen molar-refractivity contribution in [1.82, 2.24) is 15.2 Å². The molecule has 29 heavy (non-hydrogen) atoms. The van der Waals surface area contributed by atoms with Crippen LogP contribution in [-0.2, 0) is 5.75 Å². The largest absolute Gasteiger partial charge is 0.485 e. The molecular weight excluding hydrogens is 410 g/mol. The highest BCUT2D eigenvalue weighted by molar-refractivity contribution is 7.98. The van der Waals surface area contributed by atoms with Crippen molar-refractivity contribution in [3.63, 3.8) is 0 Å². The Hall–Kier alpha value is -2.77. The summed E-state index contributed by atoms with van der Waals surface area (Å²) in [7, 11) is 0. The third kappa shape index (κ3) is 3.52. The Kier molecular flexibility index (Phi) is 4.77. The van der Waals surface area contributed by atoms with E-state index < -0.39 is 6.10 Å². The van der Waals surface area contributed by atoms with Crippen LogP contribution in [0.15, 0.2) is 58.2 Å². The monoisotopic (exact) mass is 425 g/mol. The molecule has 8 heteroatoms. The van der Waals surface area contributed by atoms with Crippen molar-refractivity contribution >= 4 is 34.3 Å². The lowest BCUT2D eigenvalue weighted by molar-refractivity contribution is 0.0686. The lowest BCUT2D eigenvalue weighted by Crippen LogP contribution is -2.21. The first-order chi connectivity index (χ1) is 14.2. The Morgan fingerprint density at radius 2 is 1.86 bits per heavy atom. The molecule has 4 aromatic rings. The molecule has 6 nitrogen and oxygen atoms in total. The van der Waals surface area contributed by atoms with Gasteiger partial charge in [-0.3, -0.25) is 4.98 Å². The van der Waals surface area contributed by atoms with Crippen molar-refractivity contribution in [3.8, 4) is 11.5 Å². The third-order valence-corrected chi connectivity index (χ3v) is 6.02. The Bertz CT molecular complexity index is 1200. The molecule has 0 spiro atoms. The minimum atomic E-state index is -0.434. The van der Waals surface area contributed by atoms with E-state index in [1.54, 1.807) is 0 Å². The summed E-state index contributed by atoms with van der Waals surface area (Å²) in [5, 5.41) is 10.4. The summed E-state index contributed by atoms with van der Waals surface area (Å²) in [4.78, 5) is 4.69. The zero-order valence-electron chi connectivity index (χ0n) is 15.5. The number of benzene rings is 2. The molecule has 146 valence electrons. The van der Waals surface area contributed by atoms with Gasteiger partial charge in [0.25, 0.3) is 11.1 Å². The van der Waals surface area contributed by atoms with E-state index in [1.165, 1.54) is 11.8 Å². The second-order valence-corrected chi connectivity index (χ2v) is 7.88. The SMILES string of the molecule is Cc1c(Cl)c(CSc2nnc(C3COc4ccccc4O3)o2)nc2ccccc12. The molecule has 0 fully saturated rings. The van der Waals surface area contributed by atoms with Gasteiger partial charge < -0.3 is 13.9 Å². The zero-order chi connectivity index (χ0) is 19.8. The van der Waals surface area contributed by atoms with Crippen LogP contribution < -0.4 is 9.47 Å². The van der Waals surface area contributed by atoms with Crippen molar-refractivity contribution in [1.29, 1.82) is 0 Å². The van der Waals surface area contributed by atoms with Gasteiger partial charge in [0, 0.05) is 11.1 Å². The maximum absolute atomic E-state index is 6.53. The molecule has 5 rings (SSSR count). The second-order valence-electron chi connectivity index (χ2n) is 6.57. The number of rotatable bonds is 4. The Balaban J connectivity index is 1.31. The quantitative estimate of drug-likeness (QED) is 0.406. The van der Waals surface area contributed by atoms with Gasteiger partial charge in [-0.15, -0.1) is 10.2 Å². The van der Waals surface area contributed by atoms with Crippen LogP contribution in [0.4, 0.5) is 0 Å². The van der Waals surface area contributed by atoms with E-state index in [0.29, 0.717) is 40.0 Å². The fourth-order valence-electron chi connectivity index (χ4n) is 3.19. The van der Waals surface area contributed by atoms with Gasteiger partial charge in [-0.2, -0.15) is 0 Å². The van der Waals surface area contributed by atoms with Gasteiger partial charge in [-0.1, -0.05) is 53.7 Å². The first kappa shape index (κ1) is 18.3. The van der Waals surface area contributed by atoms with Gasteiger partial charge >= 0.3 is 0 Å². The smallest absolute Gasteiger partial charge is 0.277 e. The van der Waals surface area contributed by atoms with E-state index in [1.807, 2.05) is 55.5 Å². The van der Waals surface area contributed by atoms with Crippen LogP contribution >= 0.6 is 23.4 Å². The molecule has 2 aromatic heterocycles. The number of thioether (sulfide) groups is 1. The van der Waals surface area contributed by atoms with E-state index in [-0.39, 0.29) is 0 Å². The van der Waals surface area contributed by atoms with Crippen LogP contribution in [0, 0.1) is 6.92 Å². The first-order valence-electron chi connectivity index (χ1n) is 9.07. The summed E-state index contributed by atoms with van der Waals surface area (Å²) < 4.78 is 17.4. The summed E-state index contributed by atoms with van der Waals surface area (Å²) in [6.45, 7) is 2.32. The van der Waals surface area contributed by atoms with Crippen molar-refractivity contribution in [2.45, 2.75) is 24.0 Å². The van der Waals surface area contributed by atoms with Crippen LogP contribution in [0.1, 0.15) is 23.3 Å². The van der Waals surface area contributed by atoms with Gasteiger partial charge in [-0.25, -0.2) is 0 Å². The summed E-state index contributed by atoms with van der Waals surface area (Å²) in [5.74, 6) is 2.29. The van der Waals surface area contributed by atoms with Gasteiger partial charge in [0.15, 0.2) is 11.5 Å². The number of aryl methyl sites for hydroxylation is 1. The number of nitrogens with zero attached hydrogens (tertiary/aromatic N) is 3. The minimum Gasteiger partial charge on any atom is -0.485 e. The number of halogens is 1. The van der Waals surface area contributed by atoms with E-state index in [4.69, 9.17) is 25.5 Å². The van der Waals surface area contributed by atoms with Crippen molar-refractivity contribution < 1.29 is 13.9 Å². The molecule has 1 aliphatic rings. The van der Waals surface area contributed by atoms with Crippen molar-refractivity contribution in [3.05, 3.63) is 70.7 Å². The minimum absolute atomic E-state index is 0.320. The summed E-state index contributed by atoms with van der Waals surface area (Å²) in [6, 6.07) is 15.5. The molecule has 1 atom stereocenters. The summed E-state index contributed by atoms with van der Waals surface area (Å²) in [6.07, 6.45) is -0.434. The number of fused-ring (bicyclic) bond motifs is 2. The number of hydrogen-bond donors (Lipinski definition) is 0. The Morgan fingerprint density at radius 3 is 2.76 bits per heavy atom. The molecular formula is C21H16ClN3O3S. The van der Waals surface area contributed by atoms with Crippen molar-refractivity contribution in [2.75, 3.05) is 6.61 Å². The van der Waals surface area contributed by atoms with Gasteiger partial charge in [-0.05, 0) is 30.7 Å². The van der Waals surface area contributed by atoms with Crippen LogP contribution in [0.2, 0.25) is 5.02 Å². The van der Waals surface area contributed by atoms with Crippen molar-refractivity contribution in [2.24, 2.45) is 0 Å². The molecule has 0 amide bonds. The molecule has 1 aliphatic heterocycles. The lowest BCUT2D eigenvalue weighted by Gasteiger charge is -2.23. The maximum atomic E-state index is 6.53. The molecule has 1 unspecified atom stereocenters. The number of para-hydroxylation sites is 3. The van der Waals surface area contributed by atoms with E-state index in [2.05, 4.69) is 15.2 Å². The number of ether oxygens (including phenoxy) is 2. The zero-order valence-corrected chi connectivity index (χ0v) is 17.0. The fraction of sp³-hybridized carbons (Fsp3) is 0.190. The van der Waals surface area contributed by atoms with Crippen LogP contribution in [0.3, 0.4) is 0 Å². The Labute approximate surface area is 176 Å². The molecule has 0 bridgehead atoms. The normalized spacial score (nSPS) is 15.6. The molecule has 0 saturated carbocycles. The van der Waals surface area contributed by atoms with E-state index >= 15 is 0 Å². The first-order valence-corrected chi connectivity index (χ1v) is 10.4. The van der Waals surface area contributed by atoms with E-state index in [9.17, 15) is 0 Å². The van der Waals surface area contributed by atoms with Gasteiger partial charge in [0.1, 0.15) is 6.61 Å². The summed E-state index contributed by atoms with van der Waals surface area (Å²) >= 11 is 7.93. The topological polar surface area (TPSA) is 70.3 Å². The number of pyridine rings is 1. The highest BCUT2D eigenvalue weighted by Crippen LogP contribution is 2.36. The van der Waals surface area contributed by atoms with Gasteiger partial charge in [0.2, 0.25) is 6.10 Å². The average molecular weight is 426 g/mol. The Morgan fingerprint density at radius 1 is 1.07 bits per heavy atom. The van der Waals surface area contributed by atoms with Crippen LogP contribution in [0.5, 0.6) is 11.5 Å². The standard InChI is InChI=1S/C21H16ClN3O3S/c1-12-13-6-2-3-7-14(13)23-15(19(12)22)11-29-21-25-24-20(28-21)18-10-26-16-8-4-5-9-17(16)27-18/h2-9,18H,10-11H2,1H3. The number of hydrogen-bond acceptors (Lipinski definition) is 7. The molecule has 0 N–H and O–H groups in total. The van der Waals surface area contributed by atoms with Crippen LogP contribution in [-0.4, -0.2) is 21.8 Å². The lowest BCUT2D eigenvalue weighted by atomic mass is 10.1.